The number of H-pyrrole nitrogens is 1. The molecule has 1 saturated heterocycles. The van der Waals surface area contributed by atoms with Gasteiger partial charge in [0.25, 0.3) is 0 Å². The molecule has 0 radical (unpaired) electrons. The predicted molar refractivity (Wildman–Crippen MR) is 288 cm³/mol. The van der Waals surface area contributed by atoms with E-state index in [0.717, 1.165) is 4.90 Å². The summed E-state index contributed by atoms with van der Waals surface area (Å²) < 4.78 is 0. The summed E-state index contributed by atoms with van der Waals surface area (Å²) >= 11 is 0. The van der Waals surface area contributed by atoms with Crippen molar-refractivity contribution in [2.24, 2.45) is 17.6 Å². The van der Waals surface area contributed by atoms with Gasteiger partial charge in [-0.1, -0.05) is 58.7 Å². The molecule has 0 spiro atoms. The van der Waals surface area contributed by atoms with Crippen LogP contribution in [0.5, 0.6) is 0 Å². The maximum Gasteiger partial charge on any atom is 0.326 e. The van der Waals surface area contributed by atoms with E-state index < -0.39 is 200 Å². The Hall–Kier alpha value is -8.74. The van der Waals surface area contributed by atoms with Crippen molar-refractivity contribution in [2.75, 3.05) is 13.1 Å². The summed E-state index contributed by atoms with van der Waals surface area (Å²) in [7, 11) is 0. The predicted octanol–water partition coefficient (Wildman–Crippen LogP) is -3.22. The number of amides is 9. The zero-order chi connectivity index (χ0) is 62.4. The monoisotopic (exact) mass is 1170 g/mol. The SMILES string of the molecule is CC[C@H](C)[C@H](NC(=O)[C@H](CC(=O)O)NC(=O)[C@@H](NC(=O)[C@H](CCC(=O)O)NC(=O)[C@H](CC(=O)O)NC(=O)[C@H](Cc1c[nH]c2ccccc12)NC(=O)[C@@H]1CCCN1C(=O)[C@@H](NC(=O)CN)[C@@H](C)O)[C@@H](C)CC)C(=O)N[C@@H](CCC(=O)O)C(=O)O. The summed E-state index contributed by atoms with van der Waals surface area (Å²) in [4.78, 5) is 187. The molecule has 1 aromatic carbocycles. The second-order valence-corrected chi connectivity index (χ2v) is 20.2. The van der Waals surface area contributed by atoms with Crippen LogP contribution in [0.1, 0.15) is 104 Å². The fraction of sp³-hybridized carbons (Fsp3) is 0.577. The van der Waals surface area contributed by atoms with Crippen molar-refractivity contribution < 1.29 is 97.8 Å². The average molecular weight is 1170 g/mol. The number of nitrogens with two attached hydrogens (primary N) is 1. The Morgan fingerprint density at radius 3 is 1.55 bits per heavy atom. The number of likely N-dealkylation sites (tertiary alicyclic amines) is 1. The third-order valence-electron chi connectivity index (χ3n) is 14.0. The van der Waals surface area contributed by atoms with Gasteiger partial charge in [0.2, 0.25) is 53.2 Å². The van der Waals surface area contributed by atoms with Crippen LogP contribution >= 0.6 is 0 Å². The van der Waals surface area contributed by atoms with Crippen LogP contribution in [0.4, 0.5) is 0 Å². The largest absolute Gasteiger partial charge is 0.481 e. The maximum absolute atomic E-state index is 14.4. The molecule has 0 unspecified atom stereocenters. The number of benzene rings is 1. The lowest BCUT2D eigenvalue weighted by atomic mass is 9.96. The molecule has 1 aliphatic heterocycles. The molecule has 31 heteroatoms. The number of aromatic amines is 1. The van der Waals surface area contributed by atoms with E-state index in [0.29, 0.717) is 16.5 Å². The number of aliphatic hydroxyl groups is 1. The Morgan fingerprint density at radius 2 is 1.06 bits per heavy atom. The minimum Gasteiger partial charge on any atom is -0.481 e. The lowest BCUT2D eigenvalue weighted by Crippen LogP contribution is -2.62. The third kappa shape index (κ3) is 20.9. The second kappa shape index (κ2) is 32.6. The number of carbonyl (C=O) groups is 14. The number of carboxylic acid groups (broad SMARTS) is 5. The summed E-state index contributed by atoms with van der Waals surface area (Å²) in [6, 6.07) is -8.43. The van der Waals surface area contributed by atoms with Gasteiger partial charge in [-0.3, -0.25) is 62.3 Å². The summed E-state index contributed by atoms with van der Waals surface area (Å²) in [6.07, 6.45) is -4.52. The number of para-hydroxylation sites is 1. The highest BCUT2D eigenvalue weighted by atomic mass is 16.4. The van der Waals surface area contributed by atoms with Gasteiger partial charge in [-0.15, -0.1) is 0 Å². The number of carboxylic acids is 5. The summed E-state index contributed by atoms with van der Waals surface area (Å²) in [5, 5.41) is 77.6. The lowest BCUT2D eigenvalue weighted by molar-refractivity contribution is -0.144. The van der Waals surface area contributed by atoms with Gasteiger partial charge in [0.1, 0.15) is 54.4 Å². The number of rotatable bonds is 35. The fourth-order valence-corrected chi connectivity index (χ4v) is 8.91. The number of carbonyl (C=O) groups excluding carboxylic acids is 9. The van der Waals surface area contributed by atoms with Gasteiger partial charge in [-0.05, 0) is 56.1 Å². The Balaban J connectivity index is 1.96. The Labute approximate surface area is 475 Å². The zero-order valence-electron chi connectivity index (χ0n) is 46.4. The maximum atomic E-state index is 14.4. The molecule has 458 valence electrons. The molecule has 0 aliphatic carbocycles. The van der Waals surface area contributed by atoms with Gasteiger partial charge in [0.05, 0.1) is 25.5 Å². The first-order valence-electron chi connectivity index (χ1n) is 26.8. The summed E-state index contributed by atoms with van der Waals surface area (Å²) in [6.45, 7) is 6.85. The van der Waals surface area contributed by atoms with Gasteiger partial charge in [0, 0.05) is 42.9 Å². The van der Waals surface area contributed by atoms with Crippen LogP contribution in [-0.4, -0.2) is 197 Å². The fourth-order valence-electron chi connectivity index (χ4n) is 8.91. The molecule has 9 amide bonds. The molecule has 2 heterocycles. The average Bonchev–Trinajstić information content (AvgIpc) is 4.21. The van der Waals surface area contributed by atoms with Crippen LogP contribution in [0.3, 0.4) is 0 Å². The molecule has 12 atom stereocenters. The van der Waals surface area contributed by atoms with E-state index in [-0.39, 0.29) is 38.6 Å². The van der Waals surface area contributed by atoms with Gasteiger partial charge in [-0.25, -0.2) is 4.79 Å². The number of nitrogens with one attached hydrogen (secondary N) is 9. The van der Waals surface area contributed by atoms with Crippen molar-refractivity contribution in [3.05, 3.63) is 36.0 Å². The molecule has 1 fully saturated rings. The van der Waals surface area contributed by atoms with Crippen LogP contribution in [0.2, 0.25) is 0 Å². The standard InChI is InChI=1S/C52H75N11O20/c1-6-24(3)41(49(79)56-31(52(82)83)15-17-38(68)69)62-47(77)34(21-40(72)73)59-50(80)42(25(4)7-2)61-44(74)30(14-16-37(66)67)55-46(76)33(20-39(70)71)57-45(75)32(19-27-23-54-29-12-9-8-11-28(27)29)58-48(78)35-13-10-18-63(35)51(81)43(26(5)64)60-36(65)22-53/h8-9,11-12,23-26,30-35,41-43,54,64H,6-7,10,13-22,53H2,1-5H3,(H,55,76)(H,56,79)(H,57,75)(H,58,78)(H,59,80)(H,60,65)(H,61,74)(H,62,77)(H,66,67)(H,68,69)(H,70,71)(H,72,73)(H,82,83)/t24-,25-,26+,30-,31-,32-,33-,34-,35-,41-,42-,43-/m0/s1. The molecule has 83 heavy (non-hydrogen) atoms. The molecule has 1 aliphatic rings. The van der Waals surface area contributed by atoms with Gasteiger partial charge in [0.15, 0.2) is 0 Å². The van der Waals surface area contributed by atoms with Crippen LogP contribution in [0.15, 0.2) is 30.5 Å². The Bertz CT molecular complexity index is 2720. The number of hydrogen-bond donors (Lipinski definition) is 16. The number of aliphatic hydroxyl groups excluding tert-OH is 1. The van der Waals surface area contributed by atoms with Crippen LogP contribution in [0.25, 0.3) is 10.9 Å². The van der Waals surface area contributed by atoms with Crippen LogP contribution in [0, 0.1) is 11.8 Å². The number of aliphatic carboxylic acids is 5. The molecule has 0 saturated carbocycles. The van der Waals surface area contributed by atoms with Crippen molar-refractivity contribution in [3.8, 4) is 0 Å². The molecule has 31 nitrogen and oxygen atoms in total. The highest BCUT2D eigenvalue weighted by Gasteiger charge is 2.42. The number of nitrogens with zero attached hydrogens (tertiary/aromatic N) is 1. The smallest absolute Gasteiger partial charge is 0.326 e. The van der Waals surface area contributed by atoms with Crippen LogP contribution in [-0.2, 0) is 73.5 Å². The molecule has 1 aromatic heterocycles. The summed E-state index contributed by atoms with van der Waals surface area (Å²) in [5.74, 6) is -19.1. The van der Waals surface area contributed by atoms with Crippen LogP contribution < -0.4 is 48.3 Å². The van der Waals surface area contributed by atoms with E-state index in [2.05, 4.69) is 47.5 Å². The van der Waals surface area contributed by atoms with E-state index in [1.54, 1.807) is 38.1 Å². The van der Waals surface area contributed by atoms with Crippen molar-refractivity contribution in [3.63, 3.8) is 0 Å². The van der Waals surface area contributed by atoms with E-state index >= 15 is 0 Å². The molecular formula is C52H75N11O20. The number of aromatic nitrogens is 1. The normalized spacial score (nSPS) is 17.0. The highest BCUT2D eigenvalue weighted by Crippen LogP contribution is 2.23. The van der Waals surface area contributed by atoms with E-state index in [4.69, 9.17) is 10.8 Å². The third-order valence-corrected chi connectivity index (χ3v) is 14.0. The Kier molecular flexibility index (Phi) is 26.9. The van der Waals surface area contributed by atoms with Gasteiger partial charge >= 0.3 is 29.8 Å². The number of fused-ring (bicyclic) bond motifs is 1. The van der Waals surface area contributed by atoms with E-state index in [1.807, 2.05) is 0 Å². The van der Waals surface area contributed by atoms with Crippen molar-refractivity contribution in [2.45, 2.75) is 166 Å². The first-order chi connectivity index (χ1) is 39.0. The first-order valence-corrected chi connectivity index (χ1v) is 26.8. The minimum atomic E-state index is -2.06. The van der Waals surface area contributed by atoms with E-state index in [1.165, 1.54) is 27.0 Å². The molecule has 0 bridgehead atoms. The molecule has 3 rings (SSSR count). The molecule has 17 N–H and O–H groups in total. The minimum absolute atomic E-state index is 0.000783. The van der Waals surface area contributed by atoms with E-state index in [9.17, 15) is 92.7 Å². The molecule has 2 aromatic rings. The summed E-state index contributed by atoms with van der Waals surface area (Å²) in [5.41, 5.74) is 6.48. The molecular weight excluding hydrogens is 1100 g/mol. The number of hydrogen-bond acceptors (Lipinski definition) is 16. The van der Waals surface area contributed by atoms with Crippen molar-refractivity contribution >= 4 is 93.9 Å². The van der Waals surface area contributed by atoms with Crippen molar-refractivity contribution in [1.29, 1.82) is 0 Å². The Morgan fingerprint density at radius 1 is 0.590 bits per heavy atom. The van der Waals surface area contributed by atoms with Crippen molar-refractivity contribution in [1.82, 2.24) is 52.4 Å². The second-order valence-electron chi connectivity index (χ2n) is 20.2. The topological polar surface area (TPSA) is 502 Å². The van der Waals surface area contributed by atoms with Gasteiger partial charge < -0.3 is 88.8 Å². The zero-order valence-corrected chi connectivity index (χ0v) is 46.4. The lowest BCUT2D eigenvalue weighted by Gasteiger charge is -2.31. The first kappa shape index (κ1) is 68.5. The highest BCUT2D eigenvalue weighted by molar-refractivity contribution is 6.00. The van der Waals surface area contributed by atoms with Gasteiger partial charge in [-0.2, -0.15) is 0 Å². The quantitative estimate of drug-likeness (QED) is 0.0323.